The SMILES string of the molecule is Cc1cc(C(=O)ON2C(=O)c3ccccc3C2=O)ns1. The van der Waals surface area contributed by atoms with Crippen LogP contribution in [0.4, 0.5) is 0 Å². The highest BCUT2D eigenvalue weighted by molar-refractivity contribution is 7.05. The van der Waals surface area contributed by atoms with Gasteiger partial charge in [0.15, 0.2) is 5.69 Å². The molecule has 1 aliphatic rings. The molecular weight excluding hydrogens is 280 g/mol. The van der Waals surface area contributed by atoms with E-state index in [1.807, 2.05) is 0 Å². The summed E-state index contributed by atoms with van der Waals surface area (Å²) in [6, 6.07) is 7.83. The molecule has 2 amide bonds. The number of carbonyl (C=O) groups excluding carboxylic acids is 3. The van der Waals surface area contributed by atoms with E-state index in [9.17, 15) is 14.4 Å². The second-order valence-corrected chi connectivity index (χ2v) is 5.16. The molecule has 0 aliphatic carbocycles. The van der Waals surface area contributed by atoms with Gasteiger partial charge in [-0.15, -0.1) is 0 Å². The Balaban J connectivity index is 1.85. The number of aryl methyl sites for hydroxylation is 1. The van der Waals surface area contributed by atoms with Crippen LogP contribution in [0.25, 0.3) is 0 Å². The number of hydrogen-bond donors (Lipinski definition) is 0. The summed E-state index contributed by atoms with van der Waals surface area (Å²) < 4.78 is 3.87. The molecule has 1 aliphatic heterocycles. The minimum Gasteiger partial charge on any atom is -0.322 e. The Kier molecular flexibility index (Phi) is 2.83. The third-order valence-corrected chi connectivity index (χ3v) is 3.46. The lowest BCUT2D eigenvalue weighted by Crippen LogP contribution is -2.32. The topological polar surface area (TPSA) is 76.6 Å². The van der Waals surface area contributed by atoms with Crippen LogP contribution in [0.5, 0.6) is 0 Å². The number of fused-ring (bicyclic) bond motifs is 1. The van der Waals surface area contributed by atoms with Crippen LogP contribution in [0.3, 0.4) is 0 Å². The number of hydrogen-bond acceptors (Lipinski definition) is 6. The molecule has 0 saturated carbocycles. The molecule has 0 saturated heterocycles. The smallest absolute Gasteiger partial charge is 0.322 e. The fourth-order valence-corrected chi connectivity index (χ4v) is 2.38. The molecule has 1 aromatic heterocycles. The van der Waals surface area contributed by atoms with E-state index in [0.29, 0.717) is 5.06 Å². The lowest BCUT2D eigenvalue weighted by molar-refractivity contribution is -0.0587. The third-order valence-electron chi connectivity index (χ3n) is 2.77. The van der Waals surface area contributed by atoms with Crippen molar-refractivity contribution < 1.29 is 19.2 Å². The van der Waals surface area contributed by atoms with Crippen LogP contribution in [0.1, 0.15) is 36.1 Å². The molecule has 100 valence electrons. The van der Waals surface area contributed by atoms with E-state index in [1.165, 1.54) is 18.2 Å². The van der Waals surface area contributed by atoms with Gasteiger partial charge in [-0.05, 0) is 36.7 Å². The van der Waals surface area contributed by atoms with E-state index in [-0.39, 0.29) is 16.8 Å². The maximum absolute atomic E-state index is 12.0. The van der Waals surface area contributed by atoms with Crippen molar-refractivity contribution >= 4 is 29.3 Å². The van der Waals surface area contributed by atoms with Gasteiger partial charge in [0.2, 0.25) is 0 Å². The molecule has 0 unspecified atom stereocenters. The minimum absolute atomic E-state index is 0.0732. The van der Waals surface area contributed by atoms with Crippen LogP contribution >= 0.6 is 11.5 Å². The summed E-state index contributed by atoms with van der Waals surface area (Å²) in [5.74, 6) is -2.12. The summed E-state index contributed by atoms with van der Waals surface area (Å²) in [6.07, 6.45) is 0. The van der Waals surface area contributed by atoms with Gasteiger partial charge < -0.3 is 4.84 Å². The van der Waals surface area contributed by atoms with Gasteiger partial charge in [-0.2, -0.15) is 4.37 Å². The van der Waals surface area contributed by atoms with Crippen molar-refractivity contribution in [3.63, 3.8) is 0 Å². The third kappa shape index (κ3) is 1.88. The zero-order chi connectivity index (χ0) is 14.3. The van der Waals surface area contributed by atoms with Gasteiger partial charge in [0.25, 0.3) is 11.8 Å². The maximum atomic E-state index is 12.0. The predicted octanol–water partition coefficient (Wildman–Crippen LogP) is 1.82. The van der Waals surface area contributed by atoms with E-state index in [4.69, 9.17) is 4.84 Å². The Morgan fingerprint density at radius 1 is 1.20 bits per heavy atom. The van der Waals surface area contributed by atoms with Gasteiger partial charge in [0.1, 0.15) is 0 Å². The molecule has 0 N–H and O–H groups in total. The van der Waals surface area contributed by atoms with Gasteiger partial charge in [-0.1, -0.05) is 17.2 Å². The summed E-state index contributed by atoms with van der Waals surface area (Å²) in [5, 5.41) is 0.474. The number of amides is 2. The molecule has 20 heavy (non-hydrogen) atoms. The van der Waals surface area contributed by atoms with Crippen LogP contribution in [-0.2, 0) is 4.84 Å². The zero-order valence-corrected chi connectivity index (χ0v) is 11.1. The molecule has 0 bridgehead atoms. The van der Waals surface area contributed by atoms with Gasteiger partial charge in [0.05, 0.1) is 11.1 Å². The molecule has 0 fully saturated rings. The second-order valence-electron chi connectivity index (χ2n) is 4.15. The highest BCUT2D eigenvalue weighted by Gasteiger charge is 2.39. The van der Waals surface area contributed by atoms with E-state index >= 15 is 0 Å². The molecule has 7 heteroatoms. The molecule has 1 aromatic carbocycles. The first kappa shape index (κ1) is 12.5. The minimum atomic E-state index is -0.830. The van der Waals surface area contributed by atoms with Crippen molar-refractivity contribution in [2.75, 3.05) is 0 Å². The highest BCUT2D eigenvalue weighted by Crippen LogP contribution is 2.23. The fourth-order valence-electron chi connectivity index (χ4n) is 1.84. The maximum Gasteiger partial charge on any atom is 0.383 e. The average molecular weight is 288 g/mol. The summed E-state index contributed by atoms with van der Waals surface area (Å²) in [5.41, 5.74) is 0.517. The summed E-state index contributed by atoms with van der Waals surface area (Å²) in [7, 11) is 0. The van der Waals surface area contributed by atoms with E-state index in [0.717, 1.165) is 16.4 Å². The summed E-state index contributed by atoms with van der Waals surface area (Å²) >= 11 is 1.14. The number of nitrogens with zero attached hydrogens (tertiary/aromatic N) is 2. The quantitative estimate of drug-likeness (QED) is 0.788. The van der Waals surface area contributed by atoms with Gasteiger partial charge >= 0.3 is 5.97 Å². The number of hydroxylamine groups is 2. The number of carbonyl (C=O) groups is 3. The molecule has 3 rings (SSSR count). The van der Waals surface area contributed by atoms with Crippen molar-refractivity contribution in [1.82, 2.24) is 9.44 Å². The van der Waals surface area contributed by atoms with Crippen molar-refractivity contribution in [3.05, 3.63) is 52.0 Å². The average Bonchev–Trinajstić information content (AvgIpc) is 2.98. The van der Waals surface area contributed by atoms with Crippen molar-refractivity contribution in [2.24, 2.45) is 0 Å². The van der Waals surface area contributed by atoms with Crippen LogP contribution < -0.4 is 0 Å². The molecular formula is C13H8N2O4S. The second kappa shape index (κ2) is 4.53. The van der Waals surface area contributed by atoms with Crippen molar-refractivity contribution in [3.8, 4) is 0 Å². The summed E-state index contributed by atoms with van der Waals surface area (Å²) in [4.78, 5) is 41.5. The zero-order valence-electron chi connectivity index (χ0n) is 10.3. The number of rotatable bonds is 2. The number of aromatic nitrogens is 1. The Hall–Kier alpha value is -2.54. The lowest BCUT2D eigenvalue weighted by Gasteiger charge is -2.11. The highest BCUT2D eigenvalue weighted by atomic mass is 32.1. The van der Waals surface area contributed by atoms with Gasteiger partial charge in [0, 0.05) is 4.88 Å². The molecule has 0 radical (unpaired) electrons. The predicted molar refractivity (Wildman–Crippen MR) is 69.2 cm³/mol. The lowest BCUT2D eigenvalue weighted by atomic mass is 10.1. The standard InChI is InChI=1S/C13H8N2O4S/c1-7-6-10(14-20-7)13(18)19-15-11(16)8-4-2-3-5-9(8)12(15)17/h2-6H,1H3. The Morgan fingerprint density at radius 2 is 1.80 bits per heavy atom. The molecule has 0 atom stereocenters. The van der Waals surface area contributed by atoms with Gasteiger partial charge in [-0.25, -0.2) is 4.79 Å². The summed E-state index contributed by atoms with van der Waals surface area (Å²) in [6.45, 7) is 1.79. The molecule has 0 spiro atoms. The number of imide groups is 1. The van der Waals surface area contributed by atoms with Gasteiger partial charge in [-0.3, -0.25) is 9.59 Å². The molecule has 6 nitrogen and oxygen atoms in total. The first-order valence-corrected chi connectivity index (χ1v) is 6.48. The fraction of sp³-hybridized carbons (Fsp3) is 0.0769. The monoisotopic (exact) mass is 288 g/mol. The molecule has 2 aromatic rings. The Bertz CT molecular complexity index is 702. The van der Waals surface area contributed by atoms with E-state index in [2.05, 4.69) is 4.37 Å². The Morgan fingerprint density at radius 3 is 2.30 bits per heavy atom. The largest absolute Gasteiger partial charge is 0.383 e. The Labute approximate surface area is 117 Å². The van der Waals surface area contributed by atoms with Crippen LogP contribution in [0.2, 0.25) is 0 Å². The molecule has 2 heterocycles. The normalized spacial score (nSPS) is 13.6. The van der Waals surface area contributed by atoms with Crippen molar-refractivity contribution in [2.45, 2.75) is 6.92 Å². The van der Waals surface area contributed by atoms with E-state index in [1.54, 1.807) is 19.1 Å². The van der Waals surface area contributed by atoms with E-state index < -0.39 is 17.8 Å². The number of benzene rings is 1. The van der Waals surface area contributed by atoms with Crippen LogP contribution in [-0.4, -0.2) is 27.2 Å². The van der Waals surface area contributed by atoms with Crippen LogP contribution in [0.15, 0.2) is 30.3 Å². The first-order chi connectivity index (χ1) is 9.58. The van der Waals surface area contributed by atoms with Crippen LogP contribution in [0, 0.1) is 6.92 Å². The van der Waals surface area contributed by atoms with Crippen molar-refractivity contribution in [1.29, 1.82) is 0 Å². The first-order valence-electron chi connectivity index (χ1n) is 5.71.